The smallest absolute Gasteiger partial charge is 0.0558 e. The Kier molecular flexibility index (Phi) is 6.08. The van der Waals surface area contributed by atoms with Gasteiger partial charge in [0.1, 0.15) is 0 Å². The van der Waals surface area contributed by atoms with Gasteiger partial charge < -0.3 is 10.2 Å². The summed E-state index contributed by atoms with van der Waals surface area (Å²) in [6, 6.07) is 10.2. The van der Waals surface area contributed by atoms with Crippen molar-refractivity contribution in [2.24, 2.45) is 5.92 Å². The Bertz CT molecular complexity index is 277. The maximum absolute atomic E-state index is 9.03. The van der Waals surface area contributed by atoms with E-state index in [-0.39, 0.29) is 19.1 Å². The molecular weight excluding hydrogens is 202 g/mol. The monoisotopic (exact) mass is 223 g/mol. The van der Waals surface area contributed by atoms with Crippen molar-refractivity contribution in [3.8, 4) is 0 Å². The minimum atomic E-state index is 0.158. The average molecular weight is 223 g/mol. The second kappa shape index (κ2) is 7.39. The molecule has 1 rings (SSSR count). The molecule has 90 valence electrons. The summed E-state index contributed by atoms with van der Waals surface area (Å²) in [5.74, 6) is 0.246. The van der Waals surface area contributed by atoms with Crippen LogP contribution >= 0.6 is 0 Å². The molecule has 0 saturated carbocycles. The second-order valence-electron chi connectivity index (χ2n) is 4.23. The van der Waals surface area contributed by atoms with Gasteiger partial charge in [-0.2, -0.15) is 0 Å². The first-order valence-corrected chi connectivity index (χ1v) is 5.74. The standard InChI is InChI=1S/C13H21NO2/c1-12(11-16)9-14(7-8-15)10-13-5-3-2-4-6-13/h2-6,12,15-16H,7-11H2,1H3. The van der Waals surface area contributed by atoms with Crippen LogP contribution in [0.4, 0.5) is 0 Å². The van der Waals surface area contributed by atoms with Crippen LogP contribution in [0, 0.1) is 5.92 Å². The molecule has 0 amide bonds. The number of aliphatic hydroxyl groups excluding tert-OH is 2. The van der Waals surface area contributed by atoms with Crippen LogP contribution in [0.25, 0.3) is 0 Å². The number of rotatable bonds is 7. The molecule has 1 aromatic rings. The predicted molar refractivity (Wildman–Crippen MR) is 65.1 cm³/mol. The van der Waals surface area contributed by atoms with Crippen molar-refractivity contribution in [1.29, 1.82) is 0 Å². The van der Waals surface area contributed by atoms with E-state index in [1.807, 2.05) is 25.1 Å². The molecule has 0 saturated heterocycles. The van der Waals surface area contributed by atoms with Crippen molar-refractivity contribution < 1.29 is 10.2 Å². The Balaban J connectivity index is 2.50. The van der Waals surface area contributed by atoms with Crippen molar-refractivity contribution in [2.75, 3.05) is 26.3 Å². The van der Waals surface area contributed by atoms with Gasteiger partial charge in [-0.05, 0) is 11.5 Å². The molecule has 0 bridgehead atoms. The van der Waals surface area contributed by atoms with Crippen molar-refractivity contribution in [2.45, 2.75) is 13.5 Å². The van der Waals surface area contributed by atoms with Gasteiger partial charge in [-0.25, -0.2) is 0 Å². The lowest BCUT2D eigenvalue weighted by Crippen LogP contribution is -2.32. The van der Waals surface area contributed by atoms with Gasteiger partial charge in [-0.3, -0.25) is 4.90 Å². The Morgan fingerprint density at radius 2 is 1.88 bits per heavy atom. The molecule has 0 aliphatic carbocycles. The molecule has 1 atom stereocenters. The van der Waals surface area contributed by atoms with Gasteiger partial charge in [0.2, 0.25) is 0 Å². The topological polar surface area (TPSA) is 43.7 Å². The summed E-state index contributed by atoms with van der Waals surface area (Å²) < 4.78 is 0. The number of hydrogen-bond donors (Lipinski definition) is 2. The maximum Gasteiger partial charge on any atom is 0.0558 e. The van der Waals surface area contributed by atoms with Gasteiger partial charge in [-0.15, -0.1) is 0 Å². The fraction of sp³-hybridized carbons (Fsp3) is 0.538. The molecule has 0 aliphatic heterocycles. The Morgan fingerprint density at radius 1 is 1.19 bits per heavy atom. The first kappa shape index (κ1) is 13.2. The Labute approximate surface area is 97.3 Å². The average Bonchev–Trinajstić information content (AvgIpc) is 2.30. The molecule has 2 N–H and O–H groups in total. The van der Waals surface area contributed by atoms with Gasteiger partial charge in [0.25, 0.3) is 0 Å². The number of aliphatic hydroxyl groups is 2. The lowest BCUT2D eigenvalue weighted by Gasteiger charge is -2.24. The summed E-state index contributed by atoms with van der Waals surface area (Å²) in [6.07, 6.45) is 0. The van der Waals surface area contributed by atoms with Crippen molar-refractivity contribution in [3.05, 3.63) is 35.9 Å². The molecule has 3 nitrogen and oxygen atoms in total. The van der Waals surface area contributed by atoms with Crippen LogP contribution in [0.5, 0.6) is 0 Å². The predicted octanol–water partition coefficient (Wildman–Crippen LogP) is 1.11. The van der Waals surface area contributed by atoms with Crippen LogP contribution in [0.3, 0.4) is 0 Å². The lowest BCUT2D eigenvalue weighted by molar-refractivity contribution is 0.143. The summed E-state index contributed by atoms with van der Waals surface area (Å²) in [5.41, 5.74) is 1.24. The molecule has 0 aromatic heterocycles. The van der Waals surface area contributed by atoms with Gasteiger partial charge in [0, 0.05) is 26.2 Å². The van der Waals surface area contributed by atoms with Crippen LogP contribution in [-0.2, 0) is 6.54 Å². The van der Waals surface area contributed by atoms with Crippen LogP contribution < -0.4 is 0 Å². The van der Waals surface area contributed by atoms with E-state index in [4.69, 9.17) is 10.2 Å². The third-order valence-corrected chi connectivity index (χ3v) is 2.55. The van der Waals surface area contributed by atoms with Crippen LogP contribution in [0.15, 0.2) is 30.3 Å². The maximum atomic E-state index is 9.03. The largest absolute Gasteiger partial charge is 0.396 e. The summed E-state index contributed by atoms with van der Waals surface area (Å²) in [6.45, 7) is 4.65. The lowest BCUT2D eigenvalue weighted by atomic mass is 10.1. The van der Waals surface area contributed by atoms with Gasteiger partial charge in [0.05, 0.1) is 6.61 Å². The molecular formula is C13H21NO2. The van der Waals surface area contributed by atoms with Gasteiger partial charge in [-0.1, -0.05) is 37.3 Å². The Hall–Kier alpha value is -0.900. The third kappa shape index (κ3) is 4.75. The molecule has 1 aromatic carbocycles. The highest BCUT2D eigenvalue weighted by atomic mass is 16.3. The summed E-state index contributed by atoms with van der Waals surface area (Å²) in [4.78, 5) is 2.16. The van der Waals surface area contributed by atoms with Crippen molar-refractivity contribution >= 4 is 0 Å². The fourth-order valence-electron chi connectivity index (χ4n) is 1.72. The Morgan fingerprint density at radius 3 is 2.44 bits per heavy atom. The van der Waals surface area contributed by atoms with Gasteiger partial charge >= 0.3 is 0 Å². The van der Waals surface area contributed by atoms with E-state index < -0.39 is 0 Å². The number of nitrogens with zero attached hydrogens (tertiary/aromatic N) is 1. The van der Waals surface area contributed by atoms with E-state index in [9.17, 15) is 0 Å². The third-order valence-electron chi connectivity index (χ3n) is 2.55. The molecule has 1 unspecified atom stereocenters. The highest BCUT2D eigenvalue weighted by Gasteiger charge is 2.09. The van der Waals surface area contributed by atoms with E-state index in [0.29, 0.717) is 6.54 Å². The SMILES string of the molecule is CC(CO)CN(CCO)Cc1ccccc1. The first-order valence-electron chi connectivity index (χ1n) is 5.74. The van der Waals surface area contributed by atoms with E-state index >= 15 is 0 Å². The molecule has 3 heteroatoms. The normalized spacial score (nSPS) is 13.0. The summed E-state index contributed by atoms with van der Waals surface area (Å²) in [5, 5.41) is 18.0. The van der Waals surface area contributed by atoms with E-state index in [0.717, 1.165) is 13.1 Å². The zero-order valence-electron chi connectivity index (χ0n) is 9.84. The van der Waals surface area contributed by atoms with E-state index in [1.54, 1.807) is 0 Å². The second-order valence-corrected chi connectivity index (χ2v) is 4.23. The highest BCUT2D eigenvalue weighted by Crippen LogP contribution is 2.06. The molecule has 0 aliphatic rings. The van der Waals surface area contributed by atoms with Crippen LogP contribution in [-0.4, -0.2) is 41.4 Å². The first-order chi connectivity index (χ1) is 7.76. The van der Waals surface area contributed by atoms with Crippen molar-refractivity contribution in [1.82, 2.24) is 4.90 Å². The van der Waals surface area contributed by atoms with Gasteiger partial charge in [0.15, 0.2) is 0 Å². The minimum absolute atomic E-state index is 0.158. The fourth-order valence-corrected chi connectivity index (χ4v) is 1.72. The summed E-state index contributed by atoms with van der Waals surface area (Å²) >= 11 is 0. The molecule has 0 spiro atoms. The van der Waals surface area contributed by atoms with E-state index in [2.05, 4.69) is 17.0 Å². The molecule has 16 heavy (non-hydrogen) atoms. The minimum Gasteiger partial charge on any atom is -0.396 e. The van der Waals surface area contributed by atoms with Crippen LogP contribution in [0.2, 0.25) is 0 Å². The molecule has 0 radical (unpaired) electrons. The highest BCUT2D eigenvalue weighted by molar-refractivity contribution is 5.14. The zero-order chi connectivity index (χ0) is 11.8. The zero-order valence-corrected chi connectivity index (χ0v) is 9.84. The van der Waals surface area contributed by atoms with E-state index in [1.165, 1.54) is 5.56 Å². The quantitative estimate of drug-likeness (QED) is 0.728. The number of hydrogen-bond acceptors (Lipinski definition) is 3. The van der Waals surface area contributed by atoms with Crippen molar-refractivity contribution in [3.63, 3.8) is 0 Å². The summed E-state index contributed by atoms with van der Waals surface area (Å²) in [7, 11) is 0. The van der Waals surface area contributed by atoms with Crippen LogP contribution in [0.1, 0.15) is 12.5 Å². The number of benzene rings is 1. The molecule has 0 heterocycles. The molecule has 0 fully saturated rings.